The number of sulfonamides is 1. The summed E-state index contributed by atoms with van der Waals surface area (Å²) >= 11 is 0. The summed E-state index contributed by atoms with van der Waals surface area (Å²) in [4.78, 5) is 3.30. The summed E-state index contributed by atoms with van der Waals surface area (Å²) in [6.07, 6.45) is 1.95. The molecule has 0 amide bonds. The van der Waals surface area contributed by atoms with Crippen LogP contribution in [-0.4, -0.2) is 33.7 Å². The Morgan fingerprint density at radius 2 is 1.73 bits per heavy atom. The van der Waals surface area contributed by atoms with E-state index in [1.165, 1.54) is 0 Å². The van der Waals surface area contributed by atoms with Crippen molar-refractivity contribution in [1.82, 2.24) is 9.71 Å². The molecule has 0 saturated heterocycles. The molecule has 1 heterocycles. The lowest BCUT2D eigenvalue weighted by atomic mass is 9.91. The highest BCUT2D eigenvalue weighted by molar-refractivity contribution is 7.88. The van der Waals surface area contributed by atoms with Crippen molar-refractivity contribution in [2.24, 2.45) is 0 Å². The van der Waals surface area contributed by atoms with Crippen LogP contribution in [0.5, 0.6) is 11.5 Å². The first-order valence-electron chi connectivity index (χ1n) is 10.9. The Kier molecular flexibility index (Phi) is 7.01. The van der Waals surface area contributed by atoms with Crippen molar-refractivity contribution < 1.29 is 17.9 Å². The van der Waals surface area contributed by atoms with Crippen LogP contribution in [0, 0.1) is 0 Å². The third-order valence-corrected chi connectivity index (χ3v) is 6.91. The van der Waals surface area contributed by atoms with Gasteiger partial charge in [-0.1, -0.05) is 54.6 Å². The number of benzene rings is 3. The number of ether oxygens (including phenoxy) is 2. The van der Waals surface area contributed by atoms with Gasteiger partial charge in [0.2, 0.25) is 10.0 Å². The molecule has 1 unspecified atom stereocenters. The maximum atomic E-state index is 12.9. The summed E-state index contributed by atoms with van der Waals surface area (Å²) in [5.74, 6) is 0.981. The van der Waals surface area contributed by atoms with E-state index in [0.717, 1.165) is 27.6 Å². The second kappa shape index (κ2) is 10.1. The van der Waals surface area contributed by atoms with Gasteiger partial charge in [-0.2, -0.15) is 0 Å². The molecule has 0 bridgehead atoms. The van der Waals surface area contributed by atoms with E-state index in [2.05, 4.69) is 9.71 Å². The van der Waals surface area contributed by atoms with Crippen LogP contribution in [-0.2, 0) is 15.8 Å². The highest BCUT2D eigenvalue weighted by Crippen LogP contribution is 2.36. The van der Waals surface area contributed by atoms with Crippen molar-refractivity contribution in [3.8, 4) is 11.5 Å². The topological polar surface area (TPSA) is 80.4 Å². The molecular weight excluding hydrogens is 436 g/mol. The number of aromatic amines is 1. The Bertz CT molecular complexity index is 1320. The van der Waals surface area contributed by atoms with Gasteiger partial charge in [-0.25, -0.2) is 13.1 Å². The molecule has 172 valence electrons. The average molecular weight is 465 g/mol. The molecule has 0 aliphatic carbocycles. The number of aromatic nitrogens is 1. The number of para-hydroxylation sites is 1. The Hall–Kier alpha value is -3.29. The summed E-state index contributed by atoms with van der Waals surface area (Å²) in [6.45, 7) is 2.67. The van der Waals surface area contributed by atoms with Crippen molar-refractivity contribution in [3.63, 3.8) is 0 Å². The zero-order valence-electron chi connectivity index (χ0n) is 18.7. The van der Waals surface area contributed by atoms with Gasteiger partial charge in [0.1, 0.15) is 0 Å². The molecule has 7 heteroatoms. The van der Waals surface area contributed by atoms with Gasteiger partial charge in [0, 0.05) is 29.6 Å². The van der Waals surface area contributed by atoms with Crippen LogP contribution in [0.25, 0.3) is 10.9 Å². The largest absolute Gasteiger partial charge is 0.493 e. The van der Waals surface area contributed by atoms with Crippen LogP contribution in [0.15, 0.2) is 79.0 Å². The van der Waals surface area contributed by atoms with Crippen LogP contribution < -0.4 is 14.2 Å². The van der Waals surface area contributed by atoms with E-state index in [4.69, 9.17) is 9.47 Å². The van der Waals surface area contributed by atoms with E-state index in [-0.39, 0.29) is 18.2 Å². The van der Waals surface area contributed by atoms with Crippen molar-refractivity contribution in [3.05, 3.63) is 95.7 Å². The fourth-order valence-corrected chi connectivity index (χ4v) is 5.17. The first-order chi connectivity index (χ1) is 16.0. The van der Waals surface area contributed by atoms with Gasteiger partial charge >= 0.3 is 0 Å². The highest BCUT2D eigenvalue weighted by atomic mass is 32.2. The Labute approximate surface area is 194 Å². The zero-order chi connectivity index (χ0) is 23.3. The number of hydrogen-bond donors (Lipinski definition) is 2. The van der Waals surface area contributed by atoms with Crippen molar-refractivity contribution in [2.45, 2.75) is 18.6 Å². The SMILES string of the molecule is CCOc1ccc(C(CNS(=O)(=O)Cc2ccccc2)c2c[nH]c3ccccc23)cc1OC. The quantitative estimate of drug-likeness (QED) is 0.352. The second-order valence-electron chi connectivity index (χ2n) is 7.78. The Morgan fingerprint density at radius 3 is 2.48 bits per heavy atom. The lowest BCUT2D eigenvalue weighted by Gasteiger charge is -2.20. The minimum Gasteiger partial charge on any atom is -0.493 e. The molecule has 1 aromatic heterocycles. The summed E-state index contributed by atoms with van der Waals surface area (Å²) in [6, 6.07) is 22.9. The number of nitrogens with one attached hydrogen (secondary N) is 2. The van der Waals surface area contributed by atoms with Crippen LogP contribution in [0.3, 0.4) is 0 Å². The minimum atomic E-state index is -3.53. The number of H-pyrrole nitrogens is 1. The van der Waals surface area contributed by atoms with Crippen molar-refractivity contribution in [2.75, 3.05) is 20.3 Å². The predicted octanol–water partition coefficient (Wildman–Crippen LogP) is 4.83. The number of methoxy groups -OCH3 is 1. The van der Waals surface area contributed by atoms with Gasteiger partial charge in [0.25, 0.3) is 0 Å². The molecule has 33 heavy (non-hydrogen) atoms. The van der Waals surface area contributed by atoms with E-state index in [0.29, 0.717) is 18.1 Å². The van der Waals surface area contributed by atoms with E-state index in [1.807, 2.05) is 85.9 Å². The molecule has 0 fully saturated rings. The third-order valence-electron chi connectivity index (χ3n) is 5.59. The first-order valence-corrected chi connectivity index (χ1v) is 12.5. The summed E-state index contributed by atoms with van der Waals surface area (Å²) in [5.41, 5.74) is 3.70. The van der Waals surface area contributed by atoms with Crippen LogP contribution >= 0.6 is 0 Å². The van der Waals surface area contributed by atoms with E-state index >= 15 is 0 Å². The smallest absolute Gasteiger partial charge is 0.215 e. The summed E-state index contributed by atoms with van der Waals surface area (Å²) in [7, 11) is -1.93. The van der Waals surface area contributed by atoms with Crippen molar-refractivity contribution in [1.29, 1.82) is 0 Å². The van der Waals surface area contributed by atoms with E-state index in [1.54, 1.807) is 7.11 Å². The predicted molar refractivity (Wildman–Crippen MR) is 131 cm³/mol. The molecule has 6 nitrogen and oxygen atoms in total. The molecule has 0 aliphatic rings. The summed E-state index contributed by atoms with van der Waals surface area (Å²) < 4.78 is 39.8. The number of fused-ring (bicyclic) bond motifs is 1. The van der Waals surface area contributed by atoms with Gasteiger partial charge < -0.3 is 14.5 Å². The van der Waals surface area contributed by atoms with Crippen LogP contribution in [0.4, 0.5) is 0 Å². The van der Waals surface area contributed by atoms with E-state index < -0.39 is 10.0 Å². The monoisotopic (exact) mass is 464 g/mol. The van der Waals surface area contributed by atoms with Crippen LogP contribution in [0.2, 0.25) is 0 Å². The molecule has 3 aromatic carbocycles. The molecule has 0 radical (unpaired) electrons. The first kappa shape index (κ1) is 22.9. The fraction of sp³-hybridized carbons (Fsp3) is 0.231. The second-order valence-corrected chi connectivity index (χ2v) is 9.59. The molecular formula is C26H28N2O4S. The van der Waals surface area contributed by atoms with Gasteiger partial charge in [-0.05, 0) is 41.8 Å². The minimum absolute atomic E-state index is 0.0684. The maximum Gasteiger partial charge on any atom is 0.215 e. The van der Waals surface area contributed by atoms with Gasteiger partial charge in [-0.3, -0.25) is 0 Å². The average Bonchev–Trinajstić information content (AvgIpc) is 3.24. The van der Waals surface area contributed by atoms with Gasteiger partial charge in [0.15, 0.2) is 11.5 Å². The number of rotatable bonds is 10. The van der Waals surface area contributed by atoms with Gasteiger partial charge in [0.05, 0.1) is 19.5 Å². The number of hydrogen-bond acceptors (Lipinski definition) is 4. The Morgan fingerprint density at radius 1 is 0.970 bits per heavy atom. The zero-order valence-corrected chi connectivity index (χ0v) is 19.6. The lowest BCUT2D eigenvalue weighted by Crippen LogP contribution is -2.30. The Balaban J connectivity index is 1.68. The molecule has 0 aliphatic heterocycles. The van der Waals surface area contributed by atoms with Crippen molar-refractivity contribution >= 4 is 20.9 Å². The normalized spacial score (nSPS) is 12.5. The standard InChI is InChI=1S/C26H28N2O4S/c1-3-32-25-14-13-20(15-26(25)31-2)22(23-16-27-24-12-8-7-11-21(23)24)17-28-33(29,30)18-19-9-5-4-6-10-19/h4-16,22,27-28H,3,17-18H2,1-2H3. The van der Waals surface area contributed by atoms with Gasteiger partial charge in [-0.15, -0.1) is 0 Å². The molecule has 1 atom stereocenters. The molecule has 4 aromatic rings. The molecule has 4 rings (SSSR count). The van der Waals surface area contributed by atoms with Crippen LogP contribution in [0.1, 0.15) is 29.5 Å². The summed E-state index contributed by atoms with van der Waals surface area (Å²) in [5, 5.41) is 1.05. The highest BCUT2D eigenvalue weighted by Gasteiger charge is 2.22. The maximum absolute atomic E-state index is 12.9. The molecule has 0 spiro atoms. The lowest BCUT2D eigenvalue weighted by molar-refractivity contribution is 0.310. The molecule has 2 N–H and O–H groups in total. The van der Waals surface area contributed by atoms with E-state index in [9.17, 15) is 8.42 Å². The molecule has 0 saturated carbocycles. The fourth-order valence-electron chi connectivity index (χ4n) is 4.02. The third kappa shape index (κ3) is 5.38.